The summed E-state index contributed by atoms with van der Waals surface area (Å²) in [5.41, 5.74) is 3.29. The highest BCUT2D eigenvalue weighted by Crippen LogP contribution is 2.39. The van der Waals surface area contributed by atoms with Gasteiger partial charge < -0.3 is 5.11 Å². The molecule has 0 aliphatic rings. The summed E-state index contributed by atoms with van der Waals surface area (Å²) in [5, 5.41) is 14.6. The smallest absolute Gasteiger partial charge is 0.416 e. The highest BCUT2D eigenvalue weighted by atomic mass is 35.5. The normalized spacial score (nSPS) is 12.7. The maximum atomic E-state index is 13.2. The molecule has 0 saturated heterocycles. The molecule has 1 unspecified atom stereocenters. The number of aryl methyl sites for hydroxylation is 1. The molecule has 1 atom stereocenters. The number of halogens is 4. The standard InChI is InChI=1S/C31H30ClF3N2O3/c1-18(2)15-27(20-7-9-21(10-8-20)28(38)5-4-6-29(39)40)37-26-14-13-24(30(32)25(26)17-36-37)23-12-11-22(16-19(23)3)31(33,34)35/h7-14,16-18,27H,4-6,15H2,1-3H3,(H,39,40). The third-order valence-corrected chi connectivity index (χ3v) is 7.37. The lowest BCUT2D eigenvalue weighted by molar-refractivity contribution is -0.138. The maximum absolute atomic E-state index is 13.2. The first-order valence-electron chi connectivity index (χ1n) is 13.1. The molecule has 4 aromatic rings. The Labute approximate surface area is 235 Å². The Balaban J connectivity index is 1.67. The van der Waals surface area contributed by atoms with Crippen molar-refractivity contribution in [2.75, 3.05) is 0 Å². The Morgan fingerprint density at radius 1 is 1.00 bits per heavy atom. The molecule has 0 aliphatic heterocycles. The fourth-order valence-corrected chi connectivity index (χ4v) is 5.26. The molecule has 5 nitrogen and oxygen atoms in total. The molecule has 210 valence electrons. The Hall–Kier alpha value is -3.65. The zero-order valence-corrected chi connectivity index (χ0v) is 23.2. The highest BCUT2D eigenvalue weighted by molar-refractivity contribution is 6.38. The van der Waals surface area contributed by atoms with Crippen LogP contribution in [0.3, 0.4) is 0 Å². The Morgan fingerprint density at radius 3 is 2.27 bits per heavy atom. The monoisotopic (exact) mass is 570 g/mol. The number of carbonyl (C=O) groups excluding carboxylic acids is 1. The lowest BCUT2D eigenvalue weighted by Crippen LogP contribution is -2.15. The van der Waals surface area contributed by atoms with Crippen molar-refractivity contribution < 1.29 is 27.9 Å². The molecule has 0 fully saturated rings. The third kappa shape index (κ3) is 6.39. The van der Waals surface area contributed by atoms with E-state index in [1.807, 2.05) is 28.9 Å². The van der Waals surface area contributed by atoms with Gasteiger partial charge in [0.05, 0.1) is 28.3 Å². The van der Waals surface area contributed by atoms with Crippen molar-refractivity contribution in [3.63, 3.8) is 0 Å². The van der Waals surface area contributed by atoms with Gasteiger partial charge in [0.15, 0.2) is 5.78 Å². The van der Waals surface area contributed by atoms with E-state index in [0.29, 0.717) is 45.0 Å². The largest absolute Gasteiger partial charge is 0.481 e. The van der Waals surface area contributed by atoms with E-state index in [0.717, 1.165) is 29.6 Å². The lowest BCUT2D eigenvalue weighted by atomic mass is 9.94. The summed E-state index contributed by atoms with van der Waals surface area (Å²) in [4.78, 5) is 23.2. The zero-order chi connectivity index (χ0) is 29.2. The van der Waals surface area contributed by atoms with Crippen molar-refractivity contribution >= 4 is 34.3 Å². The number of fused-ring (bicyclic) bond motifs is 1. The second-order valence-electron chi connectivity index (χ2n) is 10.4. The van der Waals surface area contributed by atoms with Crippen LogP contribution in [0.2, 0.25) is 5.02 Å². The van der Waals surface area contributed by atoms with Gasteiger partial charge >= 0.3 is 12.1 Å². The van der Waals surface area contributed by atoms with Crippen molar-refractivity contribution in [1.82, 2.24) is 9.78 Å². The number of carboxylic acid groups (broad SMARTS) is 1. The fourth-order valence-electron chi connectivity index (χ4n) is 4.95. The summed E-state index contributed by atoms with van der Waals surface area (Å²) in [5.74, 6) is -0.699. The minimum atomic E-state index is -4.42. The van der Waals surface area contributed by atoms with Crippen molar-refractivity contribution in [3.05, 3.63) is 88.1 Å². The number of nitrogens with zero attached hydrogens (tertiary/aromatic N) is 2. The molecule has 4 rings (SSSR count). The summed E-state index contributed by atoms with van der Waals surface area (Å²) in [6.45, 7) is 5.85. The number of alkyl halides is 3. The second kappa shape index (κ2) is 11.8. The molecular weight excluding hydrogens is 541 g/mol. The van der Waals surface area contributed by atoms with Crippen molar-refractivity contribution in [2.24, 2.45) is 5.92 Å². The van der Waals surface area contributed by atoms with Crippen molar-refractivity contribution in [3.8, 4) is 11.1 Å². The molecular formula is C31H30ClF3N2O3. The number of Topliss-reactive ketones (excluding diaryl/α,β-unsaturated/α-hetero) is 1. The molecule has 0 spiro atoms. The van der Waals surface area contributed by atoms with Crippen LogP contribution in [0.25, 0.3) is 22.0 Å². The minimum absolute atomic E-state index is 0.0463. The number of hydrogen-bond donors (Lipinski definition) is 1. The molecule has 9 heteroatoms. The maximum Gasteiger partial charge on any atom is 0.416 e. The molecule has 1 aromatic heterocycles. The van der Waals surface area contributed by atoms with E-state index in [1.54, 1.807) is 25.3 Å². The van der Waals surface area contributed by atoms with Gasteiger partial charge in [-0.25, -0.2) is 0 Å². The van der Waals surface area contributed by atoms with Crippen LogP contribution in [0.4, 0.5) is 13.2 Å². The summed E-state index contributed by atoms with van der Waals surface area (Å²) in [6, 6.07) is 14.5. The summed E-state index contributed by atoms with van der Waals surface area (Å²) in [6.07, 6.45) is -1.57. The molecule has 0 amide bonds. The molecule has 40 heavy (non-hydrogen) atoms. The lowest BCUT2D eigenvalue weighted by Gasteiger charge is -2.22. The van der Waals surface area contributed by atoms with Crippen LogP contribution in [-0.2, 0) is 11.0 Å². The zero-order valence-electron chi connectivity index (χ0n) is 22.4. The molecule has 0 bridgehead atoms. The first-order chi connectivity index (χ1) is 18.9. The van der Waals surface area contributed by atoms with E-state index in [4.69, 9.17) is 16.7 Å². The number of rotatable bonds is 10. The third-order valence-electron chi connectivity index (χ3n) is 6.96. The van der Waals surface area contributed by atoms with Crippen LogP contribution in [0.5, 0.6) is 0 Å². The van der Waals surface area contributed by atoms with Crippen molar-refractivity contribution in [2.45, 2.75) is 58.7 Å². The number of carboxylic acids is 1. The first-order valence-corrected chi connectivity index (χ1v) is 13.4. The molecule has 1 heterocycles. The van der Waals surface area contributed by atoms with Crippen LogP contribution in [0, 0.1) is 12.8 Å². The number of aliphatic carboxylic acids is 1. The van der Waals surface area contributed by atoms with Gasteiger partial charge in [0.25, 0.3) is 0 Å². The van der Waals surface area contributed by atoms with Gasteiger partial charge in [-0.15, -0.1) is 0 Å². The number of aromatic nitrogens is 2. The topological polar surface area (TPSA) is 72.2 Å². The Kier molecular flexibility index (Phi) is 8.68. The molecule has 3 aromatic carbocycles. The van der Waals surface area contributed by atoms with Crippen LogP contribution < -0.4 is 0 Å². The molecule has 1 N–H and O–H groups in total. The van der Waals surface area contributed by atoms with Gasteiger partial charge in [-0.1, -0.05) is 61.8 Å². The predicted octanol–water partition coefficient (Wildman–Crippen LogP) is 8.76. The molecule has 0 aliphatic carbocycles. The number of hydrogen-bond acceptors (Lipinski definition) is 3. The fraction of sp³-hybridized carbons (Fsp3) is 0.323. The van der Waals surface area contributed by atoms with Crippen LogP contribution in [-0.4, -0.2) is 26.6 Å². The minimum Gasteiger partial charge on any atom is -0.481 e. The van der Waals surface area contributed by atoms with Crippen LogP contribution >= 0.6 is 11.6 Å². The Morgan fingerprint density at radius 2 is 1.68 bits per heavy atom. The Bertz CT molecular complexity index is 1540. The molecule has 0 saturated carbocycles. The van der Waals surface area contributed by atoms with Gasteiger partial charge in [0.2, 0.25) is 0 Å². The van der Waals surface area contributed by atoms with Crippen LogP contribution in [0.1, 0.15) is 72.6 Å². The van der Waals surface area contributed by atoms with Gasteiger partial charge in [-0.2, -0.15) is 18.3 Å². The second-order valence-corrected chi connectivity index (χ2v) is 10.8. The first kappa shape index (κ1) is 29.3. The highest BCUT2D eigenvalue weighted by Gasteiger charge is 2.31. The summed E-state index contributed by atoms with van der Waals surface area (Å²) < 4.78 is 41.4. The average molecular weight is 571 g/mol. The van der Waals surface area contributed by atoms with Crippen LogP contribution in [0.15, 0.2) is 60.8 Å². The number of ketones is 1. The van der Waals surface area contributed by atoms with Gasteiger partial charge in [0.1, 0.15) is 0 Å². The van der Waals surface area contributed by atoms with Gasteiger partial charge in [-0.05, 0) is 60.6 Å². The van der Waals surface area contributed by atoms with E-state index in [-0.39, 0.29) is 24.7 Å². The SMILES string of the molecule is Cc1cc(C(F)(F)F)ccc1-c1ccc2c(cnn2C(CC(C)C)c2ccc(C(=O)CCCC(=O)O)cc2)c1Cl. The van der Waals surface area contributed by atoms with E-state index in [2.05, 4.69) is 18.9 Å². The number of benzene rings is 3. The van der Waals surface area contributed by atoms with E-state index in [9.17, 15) is 22.8 Å². The summed E-state index contributed by atoms with van der Waals surface area (Å²) in [7, 11) is 0. The molecule has 0 radical (unpaired) electrons. The van der Waals surface area contributed by atoms with Crippen molar-refractivity contribution in [1.29, 1.82) is 0 Å². The van der Waals surface area contributed by atoms with Gasteiger partial charge in [-0.3, -0.25) is 14.3 Å². The number of carbonyl (C=O) groups is 2. The van der Waals surface area contributed by atoms with E-state index in [1.165, 1.54) is 6.07 Å². The predicted molar refractivity (Wildman–Crippen MR) is 150 cm³/mol. The summed E-state index contributed by atoms with van der Waals surface area (Å²) >= 11 is 6.81. The average Bonchev–Trinajstić information content (AvgIpc) is 3.32. The van der Waals surface area contributed by atoms with E-state index < -0.39 is 17.7 Å². The van der Waals surface area contributed by atoms with Gasteiger partial charge in [0, 0.05) is 29.4 Å². The van der Waals surface area contributed by atoms with E-state index >= 15 is 0 Å². The quantitative estimate of drug-likeness (QED) is 0.193.